The molecule has 1 aromatic rings. The van der Waals surface area contributed by atoms with Crippen molar-refractivity contribution in [2.24, 2.45) is 11.7 Å². The first-order valence-electron chi connectivity index (χ1n) is 7.48. The molecule has 1 aromatic heterocycles. The summed E-state index contributed by atoms with van der Waals surface area (Å²) < 4.78 is 0.979. The number of piperazine rings is 1. The molecule has 1 unspecified atom stereocenters. The molecule has 1 aliphatic rings. The molecule has 1 aliphatic heterocycles. The lowest BCUT2D eigenvalue weighted by atomic mass is 10.0. The van der Waals surface area contributed by atoms with Crippen LogP contribution < -0.4 is 10.6 Å². The Hall–Kier alpha value is -1.14. The minimum atomic E-state index is 0.232. The lowest BCUT2D eigenvalue weighted by Gasteiger charge is -2.36. The van der Waals surface area contributed by atoms with Crippen LogP contribution >= 0.6 is 15.9 Å². The van der Waals surface area contributed by atoms with Gasteiger partial charge >= 0.3 is 0 Å². The van der Waals surface area contributed by atoms with E-state index >= 15 is 0 Å². The molecule has 1 fully saturated rings. The molecule has 5 nitrogen and oxygen atoms in total. The van der Waals surface area contributed by atoms with Crippen molar-refractivity contribution in [2.75, 3.05) is 37.6 Å². The predicted molar refractivity (Wildman–Crippen MR) is 88.2 cm³/mol. The highest BCUT2D eigenvalue weighted by molar-refractivity contribution is 9.10. The van der Waals surface area contributed by atoms with E-state index in [0.29, 0.717) is 18.9 Å². The third-order valence-electron chi connectivity index (χ3n) is 4.04. The van der Waals surface area contributed by atoms with Crippen molar-refractivity contribution >= 4 is 27.7 Å². The topological polar surface area (TPSA) is 62.5 Å². The Morgan fingerprint density at radius 3 is 2.62 bits per heavy atom. The maximum Gasteiger partial charge on any atom is 0.223 e. The number of halogens is 1. The van der Waals surface area contributed by atoms with Gasteiger partial charge in [-0.05, 0) is 40.5 Å². The number of hydrogen-bond acceptors (Lipinski definition) is 4. The molecule has 0 aromatic carbocycles. The lowest BCUT2D eigenvalue weighted by Crippen LogP contribution is -2.49. The van der Waals surface area contributed by atoms with E-state index in [1.807, 2.05) is 17.0 Å². The van der Waals surface area contributed by atoms with E-state index in [1.54, 1.807) is 6.20 Å². The number of amides is 1. The minimum absolute atomic E-state index is 0.232. The Balaban J connectivity index is 1.85. The summed E-state index contributed by atoms with van der Waals surface area (Å²) >= 11 is 3.39. The Bertz CT molecular complexity index is 453. The summed E-state index contributed by atoms with van der Waals surface area (Å²) in [4.78, 5) is 20.8. The van der Waals surface area contributed by atoms with E-state index < -0.39 is 0 Å². The van der Waals surface area contributed by atoms with Gasteiger partial charge in [0.05, 0.1) is 0 Å². The molecule has 21 heavy (non-hydrogen) atoms. The van der Waals surface area contributed by atoms with Crippen molar-refractivity contribution in [1.82, 2.24) is 9.88 Å². The van der Waals surface area contributed by atoms with Crippen LogP contribution in [0.25, 0.3) is 0 Å². The van der Waals surface area contributed by atoms with E-state index in [9.17, 15) is 4.79 Å². The highest BCUT2D eigenvalue weighted by Gasteiger charge is 2.23. The molecular formula is C15H23BrN4O. The van der Waals surface area contributed by atoms with Crippen molar-refractivity contribution in [2.45, 2.75) is 19.8 Å². The maximum atomic E-state index is 12.2. The first-order valence-corrected chi connectivity index (χ1v) is 8.27. The summed E-state index contributed by atoms with van der Waals surface area (Å²) in [6.07, 6.45) is 3.34. The average Bonchev–Trinajstić information content (AvgIpc) is 2.53. The summed E-state index contributed by atoms with van der Waals surface area (Å²) in [5.74, 6) is 1.51. The molecule has 0 spiro atoms. The standard InChI is InChI=1S/C15H23BrN4O/c1-2-12(10-17)9-15(21)20-7-5-19(6-8-20)14-4-3-13(16)11-18-14/h3-4,11-12H,2,5-10,17H2,1H3. The first kappa shape index (κ1) is 16.2. The van der Waals surface area contributed by atoms with E-state index in [-0.39, 0.29) is 5.91 Å². The number of rotatable bonds is 5. The fraction of sp³-hybridized carbons (Fsp3) is 0.600. The van der Waals surface area contributed by atoms with E-state index in [1.165, 1.54) is 0 Å². The van der Waals surface area contributed by atoms with Gasteiger partial charge in [0.2, 0.25) is 5.91 Å². The van der Waals surface area contributed by atoms with Crippen molar-refractivity contribution in [1.29, 1.82) is 0 Å². The van der Waals surface area contributed by atoms with Gasteiger partial charge in [-0.3, -0.25) is 4.79 Å². The molecule has 1 atom stereocenters. The smallest absolute Gasteiger partial charge is 0.223 e. The van der Waals surface area contributed by atoms with Gasteiger partial charge in [-0.25, -0.2) is 4.98 Å². The molecule has 6 heteroatoms. The average molecular weight is 355 g/mol. The molecule has 2 N–H and O–H groups in total. The molecule has 116 valence electrons. The van der Waals surface area contributed by atoms with Crippen LogP contribution in [-0.2, 0) is 4.79 Å². The van der Waals surface area contributed by atoms with Crippen LogP contribution in [0, 0.1) is 5.92 Å². The van der Waals surface area contributed by atoms with Crippen LogP contribution in [0.5, 0.6) is 0 Å². The van der Waals surface area contributed by atoms with Gasteiger partial charge < -0.3 is 15.5 Å². The monoisotopic (exact) mass is 354 g/mol. The number of anilines is 1. The van der Waals surface area contributed by atoms with E-state index in [4.69, 9.17) is 5.73 Å². The first-order chi connectivity index (χ1) is 10.1. The third kappa shape index (κ3) is 4.41. The number of carbonyl (C=O) groups excluding carboxylic acids is 1. The molecule has 1 amide bonds. The van der Waals surface area contributed by atoms with Crippen LogP contribution in [-0.4, -0.2) is 48.5 Å². The molecule has 0 radical (unpaired) electrons. The lowest BCUT2D eigenvalue weighted by molar-refractivity contribution is -0.132. The van der Waals surface area contributed by atoms with Gasteiger partial charge in [0.25, 0.3) is 0 Å². The Morgan fingerprint density at radius 2 is 2.10 bits per heavy atom. The number of carbonyl (C=O) groups is 1. The van der Waals surface area contributed by atoms with Crippen LogP contribution in [0.3, 0.4) is 0 Å². The molecule has 0 saturated carbocycles. The van der Waals surface area contributed by atoms with Crippen LogP contribution in [0.4, 0.5) is 5.82 Å². The second-order valence-electron chi connectivity index (χ2n) is 5.42. The van der Waals surface area contributed by atoms with E-state index in [2.05, 4.69) is 32.7 Å². The summed E-state index contributed by atoms with van der Waals surface area (Å²) in [5, 5.41) is 0. The largest absolute Gasteiger partial charge is 0.353 e. The number of hydrogen-bond donors (Lipinski definition) is 1. The van der Waals surface area contributed by atoms with Crippen molar-refractivity contribution in [3.63, 3.8) is 0 Å². The summed E-state index contributed by atoms with van der Waals surface area (Å²) in [5.41, 5.74) is 5.68. The van der Waals surface area contributed by atoms with Gasteiger partial charge in [-0.1, -0.05) is 13.3 Å². The SMILES string of the molecule is CCC(CN)CC(=O)N1CCN(c2ccc(Br)cn2)CC1. The van der Waals surface area contributed by atoms with Gasteiger partial charge in [0.1, 0.15) is 5.82 Å². The van der Waals surface area contributed by atoms with Gasteiger partial charge in [0.15, 0.2) is 0 Å². The highest BCUT2D eigenvalue weighted by Crippen LogP contribution is 2.17. The fourth-order valence-electron chi connectivity index (χ4n) is 2.51. The fourth-order valence-corrected chi connectivity index (χ4v) is 2.74. The van der Waals surface area contributed by atoms with Crippen molar-refractivity contribution in [3.8, 4) is 0 Å². The minimum Gasteiger partial charge on any atom is -0.353 e. The van der Waals surface area contributed by atoms with Gasteiger partial charge in [-0.15, -0.1) is 0 Å². The number of pyridine rings is 1. The van der Waals surface area contributed by atoms with Crippen molar-refractivity contribution < 1.29 is 4.79 Å². The summed E-state index contributed by atoms with van der Waals surface area (Å²) in [6.45, 7) is 5.86. The zero-order valence-corrected chi connectivity index (χ0v) is 14.1. The Labute approximate surface area is 134 Å². The summed E-state index contributed by atoms with van der Waals surface area (Å²) in [7, 11) is 0. The molecule has 1 saturated heterocycles. The Kier molecular flexibility index (Phi) is 5.99. The molecule has 0 aliphatic carbocycles. The summed E-state index contributed by atoms with van der Waals surface area (Å²) in [6, 6.07) is 4.00. The number of nitrogens with zero attached hydrogens (tertiary/aromatic N) is 3. The highest BCUT2D eigenvalue weighted by atomic mass is 79.9. The molecular weight excluding hydrogens is 332 g/mol. The zero-order valence-electron chi connectivity index (χ0n) is 12.5. The van der Waals surface area contributed by atoms with E-state index in [0.717, 1.165) is 42.9 Å². The van der Waals surface area contributed by atoms with Crippen LogP contribution in [0.1, 0.15) is 19.8 Å². The number of nitrogens with two attached hydrogens (primary N) is 1. The second kappa shape index (κ2) is 7.75. The molecule has 2 heterocycles. The van der Waals surface area contributed by atoms with Crippen molar-refractivity contribution in [3.05, 3.63) is 22.8 Å². The van der Waals surface area contributed by atoms with Crippen LogP contribution in [0.2, 0.25) is 0 Å². The van der Waals surface area contributed by atoms with Gasteiger partial charge in [0, 0.05) is 43.3 Å². The molecule has 2 rings (SSSR count). The number of aromatic nitrogens is 1. The second-order valence-corrected chi connectivity index (χ2v) is 6.33. The zero-order chi connectivity index (χ0) is 15.2. The Morgan fingerprint density at radius 1 is 1.38 bits per heavy atom. The quantitative estimate of drug-likeness (QED) is 0.876. The maximum absolute atomic E-state index is 12.2. The predicted octanol–water partition coefficient (Wildman–Crippen LogP) is 1.87. The third-order valence-corrected chi connectivity index (χ3v) is 4.51. The van der Waals surface area contributed by atoms with Gasteiger partial charge in [-0.2, -0.15) is 0 Å². The van der Waals surface area contributed by atoms with Crippen LogP contribution in [0.15, 0.2) is 22.8 Å². The normalized spacial score (nSPS) is 16.9. The molecule has 0 bridgehead atoms.